The van der Waals surface area contributed by atoms with E-state index in [1.165, 1.54) is 6.08 Å². The first kappa shape index (κ1) is 11.8. The van der Waals surface area contributed by atoms with Crippen molar-refractivity contribution >= 4 is 11.9 Å². The summed E-state index contributed by atoms with van der Waals surface area (Å²) in [5.41, 5.74) is 0. The Kier molecular flexibility index (Phi) is 4.87. The highest BCUT2D eigenvalue weighted by Crippen LogP contribution is 2.20. The monoisotopic (exact) mass is 212 g/mol. The molecule has 0 atom stereocenters. The predicted octanol–water partition coefficient (Wildman–Crippen LogP) is 1.59. The fraction of sp³-hybridized carbons (Fsp3) is 0.636. The molecule has 1 saturated carbocycles. The normalized spacial score (nSPS) is 16.9. The van der Waals surface area contributed by atoms with Crippen LogP contribution in [0.1, 0.15) is 32.6 Å². The lowest BCUT2D eigenvalue weighted by molar-refractivity contribution is -0.159. The lowest BCUT2D eigenvalue weighted by Gasteiger charge is -2.10. The Hall–Kier alpha value is -1.32. The van der Waals surface area contributed by atoms with E-state index < -0.39 is 11.9 Å². The maximum atomic E-state index is 11.2. The minimum Gasteiger partial charge on any atom is -0.460 e. The summed E-state index contributed by atoms with van der Waals surface area (Å²) < 4.78 is 9.75. The molecule has 1 aliphatic carbocycles. The van der Waals surface area contributed by atoms with Crippen molar-refractivity contribution in [2.45, 2.75) is 38.7 Å². The third-order valence-electron chi connectivity index (χ3n) is 2.24. The number of esters is 2. The van der Waals surface area contributed by atoms with E-state index in [4.69, 9.17) is 4.74 Å². The first-order chi connectivity index (χ1) is 7.22. The predicted molar refractivity (Wildman–Crippen MR) is 54.1 cm³/mol. The van der Waals surface area contributed by atoms with Crippen LogP contribution in [0.25, 0.3) is 0 Å². The molecule has 0 unspecified atom stereocenters. The molecule has 0 amide bonds. The van der Waals surface area contributed by atoms with E-state index in [0.717, 1.165) is 25.7 Å². The second-order valence-corrected chi connectivity index (χ2v) is 3.50. The molecule has 0 bridgehead atoms. The zero-order chi connectivity index (χ0) is 11.1. The summed E-state index contributed by atoms with van der Waals surface area (Å²) in [4.78, 5) is 22.1. The summed E-state index contributed by atoms with van der Waals surface area (Å²) in [5.74, 6) is -0.972. The third kappa shape index (κ3) is 4.63. The lowest BCUT2D eigenvalue weighted by atomic mass is 10.3. The molecule has 0 aromatic rings. The molecular weight excluding hydrogens is 196 g/mol. The van der Waals surface area contributed by atoms with Gasteiger partial charge in [-0.3, -0.25) is 0 Å². The second-order valence-electron chi connectivity index (χ2n) is 3.50. The van der Waals surface area contributed by atoms with E-state index in [9.17, 15) is 9.59 Å². The molecule has 0 radical (unpaired) electrons. The maximum Gasteiger partial charge on any atom is 0.344 e. The van der Waals surface area contributed by atoms with Gasteiger partial charge in [0.15, 0.2) is 6.61 Å². The summed E-state index contributed by atoms with van der Waals surface area (Å²) in [5, 5.41) is 0. The molecule has 15 heavy (non-hydrogen) atoms. The van der Waals surface area contributed by atoms with Gasteiger partial charge in [0.25, 0.3) is 0 Å². The zero-order valence-corrected chi connectivity index (χ0v) is 8.90. The fourth-order valence-electron chi connectivity index (χ4n) is 1.54. The summed E-state index contributed by atoms with van der Waals surface area (Å²) in [7, 11) is 0. The van der Waals surface area contributed by atoms with E-state index in [-0.39, 0.29) is 12.7 Å². The second kappa shape index (κ2) is 6.22. The number of carbonyl (C=O) groups excluding carboxylic acids is 2. The average molecular weight is 212 g/mol. The lowest BCUT2D eigenvalue weighted by Crippen LogP contribution is -2.20. The largest absolute Gasteiger partial charge is 0.460 e. The molecule has 4 nitrogen and oxygen atoms in total. The van der Waals surface area contributed by atoms with Crippen LogP contribution in [-0.2, 0) is 19.1 Å². The highest BCUT2D eigenvalue weighted by molar-refractivity contribution is 5.84. The van der Waals surface area contributed by atoms with Gasteiger partial charge in [-0.25, -0.2) is 9.59 Å². The Bertz CT molecular complexity index is 251. The Morgan fingerprint density at radius 3 is 2.60 bits per heavy atom. The van der Waals surface area contributed by atoms with Crippen LogP contribution in [0.15, 0.2) is 12.2 Å². The first-order valence-corrected chi connectivity index (χ1v) is 5.21. The minimum atomic E-state index is -0.513. The van der Waals surface area contributed by atoms with Crippen molar-refractivity contribution in [1.82, 2.24) is 0 Å². The number of hydrogen-bond donors (Lipinski definition) is 0. The molecule has 4 heteroatoms. The van der Waals surface area contributed by atoms with E-state index >= 15 is 0 Å². The smallest absolute Gasteiger partial charge is 0.344 e. The van der Waals surface area contributed by atoms with E-state index in [1.807, 2.05) is 0 Å². The van der Waals surface area contributed by atoms with Gasteiger partial charge in [0, 0.05) is 6.08 Å². The first-order valence-electron chi connectivity index (χ1n) is 5.21. The number of carbonyl (C=O) groups is 2. The van der Waals surface area contributed by atoms with Crippen molar-refractivity contribution in [2.24, 2.45) is 0 Å². The van der Waals surface area contributed by atoms with Gasteiger partial charge < -0.3 is 9.47 Å². The number of rotatable bonds is 4. The van der Waals surface area contributed by atoms with Crippen molar-refractivity contribution in [2.75, 3.05) is 6.61 Å². The third-order valence-corrected chi connectivity index (χ3v) is 2.24. The van der Waals surface area contributed by atoms with Gasteiger partial charge in [-0.1, -0.05) is 6.08 Å². The molecule has 1 fully saturated rings. The Balaban J connectivity index is 2.15. The van der Waals surface area contributed by atoms with Crippen LogP contribution >= 0.6 is 0 Å². The van der Waals surface area contributed by atoms with E-state index in [1.54, 1.807) is 13.0 Å². The highest BCUT2D eigenvalue weighted by Gasteiger charge is 2.19. The topological polar surface area (TPSA) is 52.6 Å². The summed E-state index contributed by atoms with van der Waals surface area (Å²) >= 11 is 0. The standard InChI is InChI=1S/C11H16O4/c1-2-5-10(12)14-8-11(13)15-9-6-3-4-7-9/h2,5,9H,3-4,6-8H2,1H3/b5-2+. The summed E-state index contributed by atoms with van der Waals surface area (Å²) in [6.45, 7) is 1.41. The SMILES string of the molecule is C/C=C/C(=O)OCC(=O)OC1CCCC1. The van der Waals surface area contributed by atoms with Crippen LogP contribution in [0, 0.1) is 0 Å². The number of hydrogen-bond acceptors (Lipinski definition) is 4. The molecule has 0 aromatic heterocycles. The van der Waals surface area contributed by atoms with E-state index in [0.29, 0.717) is 0 Å². The molecule has 0 heterocycles. The molecule has 0 N–H and O–H groups in total. The fourth-order valence-corrected chi connectivity index (χ4v) is 1.54. The number of allylic oxidation sites excluding steroid dienone is 1. The van der Waals surface area contributed by atoms with Crippen LogP contribution < -0.4 is 0 Å². The Labute approximate surface area is 89.2 Å². The van der Waals surface area contributed by atoms with Crippen molar-refractivity contribution in [3.05, 3.63) is 12.2 Å². The van der Waals surface area contributed by atoms with Gasteiger partial charge >= 0.3 is 11.9 Å². The van der Waals surface area contributed by atoms with Crippen LogP contribution in [0.4, 0.5) is 0 Å². The summed E-state index contributed by atoms with van der Waals surface area (Å²) in [6, 6.07) is 0. The Morgan fingerprint density at radius 1 is 1.33 bits per heavy atom. The van der Waals surface area contributed by atoms with Crippen LogP contribution in [-0.4, -0.2) is 24.6 Å². The molecule has 0 saturated heterocycles. The summed E-state index contributed by atoms with van der Waals surface area (Å²) in [6.07, 6.45) is 6.92. The van der Waals surface area contributed by atoms with Crippen LogP contribution in [0.2, 0.25) is 0 Å². The molecule has 1 rings (SSSR count). The minimum absolute atomic E-state index is 0.0259. The van der Waals surface area contributed by atoms with Gasteiger partial charge in [0.05, 0.1) is 0 Å². The van der Waals surface area contributed by atoms with Gasteiger partial charge in [-0.15, -0.1) is 0 Å². The maximum absolute atomic E-state index is 11.2. The van der Waals surface area contributed by atoms with Crippen LogP contribution in [0.5, 0.6) is 0 Å². The van der Waals surface area contributed by atoms with Gasteiger partial charge in [0.1, 0.15) is 6.10 Å². The molecule has 0 aliphatic heterocycles. The number of ether oxygens (including phenoxy) is 2. The van der Waals surface area contributed by atoms with Gasteiger partial charge in [-0.2, -0.15) is 0 Å². The van der Waals surface area contributed by atoms with Crippen LogP contribution in [0.3, 0.4) is 0 Å². The average Bonchev–Trinajstić information content (AvgIpc) is 2.68. The molecule has 0 aromatic carbocycles. The van der Waals surface area contributed by atoms with E-state index in [2.05, 4.69) is 4.74 Å². The Morgan fingerprint density at radius 2 is 2.00 bits per heavy atom. The molecule has 0 spiro atoms. The van der Waals surface area contributed by atoms with Crippen molar-refractivity contribution in [3.63, 3.8) is 0 Å². The van der Waals surface area contributed by atoms with Crippen molar-refractivity contribution < 1.29 is 19.1 Å². The quantitative estimate of drug-likeness (QED) is 0.524. The van der Waals surface area contributed by atoms with Crippen molar-refractivity contribution in [1.29, 1.82) is 0 Å². The zero-order valence-electron chi connectivity index (χ0n) is 8.90. The highest BCUT2D eigenvalue weighted by atomic mass is 16.6. The van der Waals surface area contributed by atoms with Crippen molar-refractivity contribution in [3.8, 4) is 0 Å². The molecule has 84 valence electrons. The molecule has 1 aliphatic rings. The molecular formula is C11H16O4. The van der Waals surface area contributed by atoms with Gasteiger partial charge in [-0.05, 0) is 32.6 Å². The van der Waals surface area contributed by atoms with Gasteiger partial charge in [0.2, 0.25) is 0 Å².